The van der Waals surface area contributed by atoms with Crippen molar-refractivity contribution in [1.29, 1.82) is 0 Å². The Bertz CT molecular complexity index is 1520. The summed E-state index contributed by atoms with van der Waals surface area (Å²) in [6.07, 6.45) is -0.726. The molecule has 0 saturated heterocycles. The molecule has 0 saturated carbocycles. The van der Waals surface area contributed by atoms with Crippen LogP contribution < -0.4 is 10.1 Å². The zero-order chi connectivity index (χ0) is 28.8. The van der Waals surface area contributed by atoms with Crippen molar-refractivity contribution in [2.45, 2.75) is 46.8 Å². The molecular formula is C32H32N2O6. The molecule has 0 spiro atoms. The van der Waals surface area contributed by atoms with Gasteiger partial charge in [-0.15, -0.1) is 0 Å². The Morgan fingerprint density at radius 2 is 1.40 bits per heavy atom. The van der Waals surface area contributed by atoms with Crippen molar-refractivity contribution >= 4 is 34.4 Å². The Morgan fingerprint density at radius 1 is 0.800 bits per heavy atom. The van der Waals surface area contributed by atoms with Gasteiger partial charge in [0.1, 0.15) is 5.75 Å². The van der Waals surface area contributed by atoms with Crippen molar-refractivity contribution in [2.75, 3.05) is 11.9 Å². The minimum absolute atomic E-state index is 0.119. The average Bonchev–Trinajstić information content (AvgIpc) is 2.92. The molecule has 8 heteroatoms. The lowest BCUT2D eigenvalue weighted by Crippen LogP contribution is -2.17. The smallest absolute Gasteiger partial charge is 0.338 e. The van der Waals surface area contributed by atoms with E-state index in [2.05, 4.69) is 5.32 Å². The molecule has 0 aliphatic rings. The molecule has 0 fully saturated rings. The predicted molar refractivity (Wildman–Crippen MR) is 154 cm³/mol. The van der Waals surface area contributed by atoms with Crippen LogP contribution in [0.15, 0.2) is 72.8 Å². The van der Waals surface area contributed by atoms with E-state index in [-0.39, 0.29) is 29.0 Å². The fourth-order valence-electron chi connectivity index (χ4n) is 4.16. The van der Waals surface area contributed by atoms with Crippen LogP contribution in [0.5, 0.6) is 5.75 Å². The molecule has 0 bridgehead atoms. The van der Waals surface area contributed by atoms with Crippen molar-refractivity contribution in [3.05, 3.63) is 89.5 Å². The van der Waals surface area contributed by atoms with Gasteiger partial charge in [-0.2, -0.15) is 0 Å². The molecule has 0 radical (unpaired) electrons. The average molecular weight is 541 g/mol. The highest BCUT2D eigenvalue weighted by atomic mass is 16.5. The van der Waals surface area contributed by atoms with Crippen LogP contribution in [0.3, 0.4) is 0 Å². The first-order valence-electron chi connectivity index (χ1n) is 13.2. The van der Waals surface area contributed by atoms with Crippen molar-refractivity contribution < 1.29 is 28.6 Å². The van der Waals surface area contributed by atoms with Crippen molar-refractivity contribution in [3.8, 4) is 17.0 Å². The van der Waals surface area contributed by atoms with E-state index in [4.69, 9.17) is 19.2 Å². The van der Waals surface area contributed by atoms with Crippen LogP contribution >= 0.6 is 0 Å². The Balaban J connectivity index is 1.78. The standard InChI is InChI=1S/C32H32N2O6/c1-6-38-29-14-10-8-12-25(29)28-18-26(24-11-7-9-13-27(24)34-28)30(35)33-23-16-21(31(36)39-19(2)3)15-22(17-23)32(37)40-20(4)5/h7-20H,6H2,1-5H3,(H,33,35). The van der Waals surface area contributed by atoms with Crippen LogP contribution in [-0.4, -0.2) is 41.6 Å². The van der Waals surface area contributed by atoms with Gasteiger partial charge in [-0.05, 0) is 77.1 Å². The number of nitrogens with zero attached hydrogens (tertiary/aromatic N) is 1. The molecule has 1 aromatic heterocycles. The van der Waals surface area contributed by atoms with Gasteiger partial charge in [0.05, 0.1) is 46.7 Å². The van der Waals surface area contributed by atoms with Crippen molar-refractivity contribution in [1.82, 2.24) is 4.98 Å². The van der Waals surface area contributed by atoms with E-state index in [0.29, 0.717) is 34.5 Å². The van der Waals surface area contributed by atoms with Gasteiger partial charge >= 0.3 is 11.9 Å². The molecular weight excluding hydrogens is 508 g/mol. The first-order chi connectivity index (χ1) is 19.2. The Labute approximate surface area is 233 Å². The summed E-state index contributed by atoms with van der Waals surface area (Å²) in [5.74, 6) is -1.02. The molecule has 0 aliphatic heterocycles. The molecule has 0 unspecified atom stereocenters. The number of hydrogen-bond acceptors (Lipinski definition) is 7. The second kappa shape index (κ2) is 12.4. The van der Waals surface area contributed by atoms with E-state index < -0.39 is 17.8 Å². The van der Waals surface area contributed by atoms with Crippen LogP contribution in [0.1, 0.15) is 65.7 Å². The van der Waals surface area contributed by atoms with Crippen LogP contribution in [0, 0.1) is 0 Å². The maximum absolute atomic E-state index is 13.7. The second-order valence-corrected chi connectivity index (χ2v) is 9.66. The van der Waals surface area contributed by atoms with Gasteiger partial charge in [0.15, 0.2) is 0 Å². The third kappa shape index (κ3) is 6.64. The lowest BCUT2D eigenvalue weighted by atomic mass is 10.0. The van der Waals surface area contributed by atoms with Crippen LogP contribution in [0.2, 0.25) is 0 Å². The Kier molecular flexibility index (Phi) is 8.79. The zero-order valence-electron chi connectivity index (χ0n) is 23.2. The number of esters is 2. The van der Waals surface area contributed by atoms with Crippen LogP contribution in [0.4, 0.5) is 5.69 Å². The van der Waals surface area contributed by atoms with E-state index in [0.717, 1.165) is 5.56 Å². The number of nitrogens with one attached hydrogen (secondary N) is 1. The SMILES string of the molecule is CCOc1ccccc1-c1cc(C(=O)Nc2cc(C(=O)OC(C)C)cc(C(=O)OC(C)C)c2)c2ccccc2n1. The zero-order valence-corrected chi connectivity index (χ0v) is 23.2. The van der Waals surface area contributed by atoms with Gasteiger partial charge in [-0.1, -0.05) is 30.3 Å². The summed E-state index contributed by atoms with van der Waals surface area (Å²) in [7, 11) is 0. The molecule has 0 aliphatic carbocycles. The maximum atomic E-state index is 13.7. The number of amides is 1. The molecule has 4 rings (SSSR count). The number of carbonyl (C=O) groups excluding carboxylic acids is 3. The first kappa shape index (κ1) is 28.3. The summed E-state index contributed by atoms with van der Waals surface area (Å²) in [5.41, 5.74) is 2.81. The summed E-state index contributed by atoms with van der Waals surface area (Å²) in [4.78, 5) is 44.0. The summed E-state index contributed by atoms with van der Waals surface area (Å²) in [6, 6.07) is 20.9. The molecule has 1 N–H and O–H groups in total. The van der Waals surface area contributed by atoms with Gasteiger partial charge < -0.3 is 19.5 Å². The number of aromatic nitrogens is 1. The molecule has 8 nitrogen and oxygen atoms in total. The van der Waals surface area contributed by atoms with Gasteiger partial charge in [0.25, 0.3) is 5.91 Å². The third-order valence-corrected chi connectivity index (χ3v) is 5.77. The summed E-state index contributed by atoms with van der Waals surface area (Å²) >= 11 is 0. The van der Waals surface area contributed by atoms with E-state index in [1.807, 2.05) is 55.5 Å². The lowest BCUT2D eigenvalue weighted by Gasteiger charge is -2.15. The van der Waals surface area contributed by atoms with E-state index in [1.54, 1.807) is 33.8 Å². The molecule has 40 heavy (non-hydrogen) atoms. The Hall–Kier alpha value is -4.72. The fourth-order valence-corrected chi connectivity index (χ4v) is 4.16. The number of carbonyl (C=O) groups is 3. The molecule has 1 heterocycles. The molecule has 3 aromatic carbocycles. The summed E-state index contributed by atoms with van der Waals surface area (Å²) in [6.45, 7) is 9.30. The number of pyridine rings is 1. The maximum Gasteiger partial charge on any atom is 0.338 e. The van der Waals surface area contributed by atoms with Crippen LogP contribution in [-0.2, 0) is 9.47 Å². The van der Waals surface area contributed by atoms with E-state index in [1.165, 1.54) is 18.2 Å². The van der Waals surface area contributed by atoms with Gasteiger partial charge in [-0.3, -0.25) is 4.79 Å². The number of anilines is 1. The number of rotatable bonds is 9. The first-order valence-corrected chi connectivity index (χ1v) is 13.2. The largest absolute Gasteiger partial charge is 0.493 e. The third-order valence-electron chi connectivity index (χ3n) is 5.77. The Morgan fingerprint density at radius 3 is 2.02 bits per heavy atom. The lowest BCUT2D eigenvalue weighted by molar-refractivity contribution is 0.0377. The van der Waals surface area contributed by atoms with Gasteiger partial charge in [-0.25, -0.2) is 14.6 Å². The molecule has 206 valence electrons. The normalized spacial score (nSPS) is 11.0. The monoisotopic (exact) mass is 540 g/mol. The highest BCUT2D eigenvalue weighted by molar-refractivity contribution is 6.13. The summed E-state index contributed by atoms with van der Waals surface area (Å²) in [5, 5.41) is 3.50. The number of ether oxygens (including phenoxy) is 3. The highest BCUT2D eigenvalue weighted by Crippen LogP contribution is 2.32. The van der Waals surface area contributed by atoms with E-state index in [9.17, 15) is 14.4 Å². The number of benzene rings is 3. The van der Waals surface area contributed by atoms with E-state index >= 15 is 0 Å². The second-order valence-electron chi connectivity index (χ2n) is 9.66. The topological polar surface area (TPSA) is 104 Å². The molecule has 4 aromatic rings. The summed E-state index contributed by atoms with van der Waals surface area (Å²) < 4.78 is 16.4. The van der Waals surface area contributed by atoms with Crippen molar-refractivity contribution in [2.24, 2.45) is 0 Å². The quantitative estimate of drug-likeness (QED) is 0.236. The molecule has 1 amide bonds. The fraction of sp³-hybridized carbons (Fsp3) is 0.250. The predicted octanol–water partition coefficient (Wildman–Crippen LogP) is 6.68. The minimum atomic E-state index is -0.617. The number of hydrogen-bond donors (Lipinski definition) is 1. The minimum Gasteiger partial charge on any atom is -0.493 e. The molecule has 0 atom stereocenters. The number of fused-ring (bicyclic) bond motifs is 1. The van der Waals surface area contributed by atoms with Gasteiger partial charge in [0, 0.05) is 16.6 Å². The highest BCUT2D eigenvalue weighted by Gasteiger charge is 2.20. The number of para-hydroxylation sites is 2. The van der Waals surface area contributed by atoms with Crippen LogP contribution in [0.25, 0.3) is 22.2 Å². The van der Waals surface area contributed by atoms with Crippen molar-refractivity contribution in [3.63, 3.8) is 0 Å². The van der Waals surface area contributed by atoms with Gasteiger partial charge in [0.2, 0.25) is 0 Å².